The van der Waals surface area contributed by atoms with Crippen molar-refractivity contribution in [2.45, 2.75) is 33.7 Å². The Morgan fingerprint density at radius 3 is 2.25 bits per heavy atom. The fourth-order valence-electron chi connectivity index (χ4n) is 3.17. The molecule has 0 spiro atoms. The number of rotatable bonds is 5. The molecule has 0 aromatic heterocycles. The van der Waals surface area contributed by atoms with Crippen molar-refractivity contribution in [2.75, 3.05) is 39.8 Å². The first-order valence-corrected chi connectivity index (χ1v) is 6.57. The molecule has 1 atom stereocenters. The van der Waals surface area contributed by atoms with Gasteiger partial charge in [0.2, 0.25) is 0 Å². The van der Waals surface area contributed by atoms with Crippen LogP contribution in [0.3, 0.4) is 0 Å². The van der Waals surface area contributed by atoms with Gasteiger partial charge in [-0.05, 0) is 18.4 Å². The highest BCUT2D eigenvalue weighted by Gasteiger charge is 2.32. The lowest BCUT2D eigenvalue weighted by molar-refractivity contribution is 0.109. The topological polar surface area (TPSA) is 27.3 Å². The molecule has 3 nitrogen and oxygen atoms in total. The van der Waals surface area contributed by atoms with Gasteiger partial charge in [-0.15, -0.1) is 0 Å². The second kappa shape index (κ2) is 5.99. The molecule has 3 heteroatoms. The van der Waals surface area contributed by atoms with E-state index in [1.165, 1.54) is 19.6 Å². The summed E-state index contributed by atoms with van der Waals surface area (Å²) in [6, 6.07) is 0.586. The highest BCUT2D eigenvalue weighted by Crippen LogP contribution is 2.27. The molecule has 1 rings (SSSR count). The van der Waals surface area contributed by atoms with Crippen LogP contribution in [0.1, 0.15) is 27.7 Å². The molecular weight excluding hydrogens is 198 g/mol. The zero-order valence-corrected chi connectivity index (χ0v) is 11.6. The molecule has 96 valence electrons. The second-order valence-electron chi connectivity index (χ2n) is 6.03. The van der Waals surface area contributed by atoms with Crippen LogP contribution < -0.4 is 10.6 Å². The minimum absolute atomic E-state index is 0.334. The van der Waals surface area contributed by atoms with Gasteiger partial charge >= 0.3 is 0 Å². The summed E-state index contributed by atoms with van der Waals surface area (Å²) >= 11 is 0. The van der Waals surface area contributed by atoms with E-state index >= 15 is 0 Å². The Bertz CT molecular complexity index is 195. The summed E-state index contributed by atoms with van der Waals surface area (Å²) in [5.74, 6) is 0.683. The van der Waals surface area contributed by atoms with Crippen LogP contribution in [0.5, 0.6) is 0 Å². The SMILES string of the molecule is CNC(C(C)C)C(C)(C)CN1CCNCC1. The molecule has 1 saturated heterocycles. The molecule has 1 aliphatic rings. The predicted octanol–water partition coefficient (Wildman–Crippen LogP) is 1.16. The van der Waals surface area contributed by atoms with Crippen molar-refractivity contribution >= 4 is 0 Å². The van der Waals surface area contributed by atoms with Crippen LogP contribution in [0.2, 0.25) is 0 Å². The van der Waals surface area contributed by atoms with Gasteiger partial charge in [0.1, 0.15) is 0 Å². The fraction of sp³-hybridized carbons (Fsp3) is 1.00. The Labute approximate surface area is 101 Å². The summed E-state index contributed by atoms with van der Waals surface area (Å²) < 4.78 is 0. The van der Waals surface area contributed by atoms with Crippen molar-refractivity contribution in [1.29, 1.82) is 0 Å². The molecule has 16 heavy (non-hydrogen) atoms. The largest absolute Gasteiger partial charge is 0.316 e. The van der Waals surface area contributed by atoms with Gasteiger partial charge in [-0.2, -0.15) is 0 Å². The molecule has 0 radical (unpaired) electrons. The number of piperazine rings is 1. The van der Waals surface area contributed by atoms with Crippen molar-refractivity contribution in [3.63, 3.8) is 0 Å². The lowest BCUT2D eigenvalue weighted by atomic mass is 9.78. The maximum atomic E-state index is 3.49. The third-order valence-corrected chi connectivity index (χ3v) is 3.66. The van der Waals surface area contributed by atoms with Crippen molar-refractivity contribution in [1.82, 2.24) is 15.5 Å². The number of nitrogens with zero attached hydrogens (tertiary/aromatic N) is 1. The summed E-state index contributed by atoms with van der Waals surface area (Å²) in [5.41, 5.74) is 0.334. The van der Waals surface area contributed by atoms with Crippen LogP contribution in [0, 0.1) is 11.3 Å². The standard InChI is InChI=1S/C13H29N3/c1-11(2)12(14-5)13(3,4)10-16-8-6-15-7-9-16/h11-12,14-15H,6-10H2,1-5H3. The highest BCUT2D eigenvalue weighted by atomic mass is 15.2. The first kappa shape index (κ1) is 13.9. The zero-order chi connectivity index (χ0) is 12.2. The van der Waals surface area contributed by atoms with E-state index in [-0.39, 0.29) is 0 Å². The van der Waals surface area contributed by atoms with Gasteiger partial charge in [-0.1, -0.05) is 27.7 Å². The highest BCUT2D eigenvalue weighted by molar-refractivity contribution is 4.88. The molecule has 0 amide bonds. The number of hydrogen-bond acceptors (Lipinski definition) is 3. The zero-order valence-electron chi connectivity index (χ0n) is 11.6. The Hall–Kier alpha value is -0.120. The van der Waals surface area contributed by atoms with Crippen molar-refractivity contribution < 1.29 is 0 Å². The van der Waals surface area contributed by atoms with E-state index in [4.69, 9.17) is 0 Å². The molecule has 0 saturated carbocycles. The summed E-state index contributed by atoms with van der Waals surface area (Å²) in [7, 11) is 2.09. The van der Waals surface area contributed by atoms with Crippen molar-refractivity contribution in [3.8, 4) is 0 Å². The van der Waals surface area contributed by atoms with Gasteiger partial charge in [0.15, 0.2) is 0 Å². The molecule has 1 aliphatic heterocycles. The van der Waals surface area contributed by atoms with E-state index in [2.05, 4.69) is 50.3 Å². The first-order chi connectivity index (χ1) is 7.47. The monoisotopic (exact) mass is 227 g/mol. The van der Waals surface area contributed by atoms with Gasteiger partial charge in [-0.3, -0.25) is 0 Å². The van der Waals surface area contributed by atoms with Crippen LogP contribution in [-0.2, 0) is 0 Å². The molecule has 1 fully saturated rings. The molecule has 0 aromatic carbocycles. The van der Waals surface area contributed by atoms with Crippen LogP contribution in [0.4, 0.5) is 0 Å². The Balaban J connectivity index is 2.53. The summed E-state index contributed by atoms with van der Waals surface area (Å²) in [6.07, 6.45) is 0. The predicted molar refractivity (Wildman–Crippen MR) is 70.8 cm³/mol. The van der Waals surface area contributed by atoms with Gasteiger partial charge in [0.25, 0.3) is 0 Å². The maximum absolute atomic E-state index is 3.49. The minimum atomic E-state index is 0.334. The molecule has 1 unspecified atom stereocenters. The average Bonchev–Trinajstić information content (AvgIpc) is 2.18. The van der Waals surface area contributed by atoms with Gasteiger partial charge < -0.3 is 15.5 Å². The van der Waals surface area contributed by atoms with Gasteiger partial charge in [0.05, 0.1) is 0 Å². The third kappa shape index (κ3) is 3.72. The summed E-state index contributed by atoms with van der Waals surface area (Å²) in [5, 5.41) is 6.90. The summed E-state index contributed by atoms with van der Waals surface area (Å²) in [4.78, 5) is 2.59. The molecule has 0 aromatic rings. The van der Waals surface area contributed by atoms with Crippen LogP contribution in [0.15, 0.2) is 0 Å². The minimum Gasteiger partial charge on any atom is -0.316 e. The van der Waals surface area contributed by atoms with Crippen LogP contribution in [-0.4, -0.2) is 50.7 Å². The number of hydrogen-bond donors (Lipinski definition) is 2. The quantitative estimate of drug-likeness (QED) is 0.738. The van der Waals surface area contributed by atoms with Gasteiger partial charge in [-0.25, -0.2) is 0 Å². The molecule has 0 aliphatic carbocycles. The smallest absolute Gasteiger partial charge is 0.0150 e. The van der Waals surface area contributed by atoms with E-state index in [1.807, 2.05) is 0 Å². The molecule has 0 bridgehead atoms. The van der Waals surface area contributed by atoms with Crippen LogP contribution in [0.25, 0.3) is 0 Å². The lowest BCUT2D eigenvalue weighted by Crippen LogP contribution is -2.53. The van der Waals surface area contributed by atoms with E-state index < -0.39 is 0 Å². The van der Waals surface area contributed by atoms with Crippen molar-refractivity contribution in [2.24, 2.45) is 11.3 Å². The Morgan fingerprint density at radius 2 is 1.81 bits per heavy atom. The molecule has 2 N–H and O–H groups in total. The lowest BCUT2D eigenvalue weighted by Gasteiger charge is -2.41. The van der Waals surface area contributed by atoms with Crippen molar-refractivity contribution in [3.05, 3.63) is 0 Å². The first-order valence-electron chi connectivity index (χ1n) is 6.57. The van der Waals surface area contributed by atoms with E-state index in [0.29, 0.717) is 17.4 Å². The van der Waals surface area contributed by atoms with Crippen LogP contribution >= 0.6 is 0 Å². The van der Waals surface area contributed by atoms with E-state index in [9.17, 15) is 0 Å². The van der Waals surface area contributed by atoms with E-state index in [1.54, 1.807) is 0 Å². The Morgan fingerprint density at radius 1 is 1.25 bits per heavy atom. The molecule has 1 heterocycles. The average molecular weight is 227 g/mol. The number of nitrogens with one attached hydrogen (secondary N) is 2. The Kier molecular flexibility index (Phi) is 5.22. The van der Waals surface area contributed by atoms with E-state index in [0.717, 1.165) is 13.1 Å². The molecular formula is C13H29N3. The fourth-order valence-corrected chi connectivity index (χ4v) is 3.17. The second-order valence-corrected chi connectivity index (χ2v) is 6.03. The summed E-state index contributed by atoms with van der Waals surface area (Å²) in [6.45, 7) is 15.2. The van der Waals surface area contributed by atoms with Gasteiger partial charge in [0, 0.05) is 38.8 Å². The maximum Gasteiger partial charge on any atom is 0.0150 e. The normalized spacial score (nSPS) is 21.4. The third-order valence-electron chi connectivity index (χ3n) is 3.66.